The van der Waals surface area contributed by atoms with E-state index in [4.69, 9.17) is 0 Å². The molecule has 0 aliphatic heterocycles. The molecular weight excluding hydrogens is 189 g/mol. The molecule has 0 fully saturated rings. The molecule has 0 aliphatic carbocycles. The summed E-state index contributed by atoms with van der Waals surface area (Å²) in [6, 6.07) is 0. The predicted octanol–water partition coefficient (Wildman–Crippen LogP) is 0.780. The van der Waals surface area contributed by atoms with Crippen molar-refractivity contribution < 1.29 is 32.7 Å². The van der Waals surface area contributed by atoms with Crippen molar-refractivity contribution in [2.45, 2.75) is 13.3 Å². The van der Waals surface area contributed by atoms with Gasteiger partial charge in [0, 0.05) is 32.7 Å². The van der Waals surface area contributed by atoms with E-state index in [0.717, 1.165) is 12.2 Å². The van der Waals surface area contributed by atoms with E-state index in [0.29, 0.717) is 0 Å². The van der Waals surface area contributed by atoms with Gasteiger partial charge in [-0.05, 0) is 12.9 Å². The summed E-state index contributed by atoms with van der Waals surface area (Å²) in [6.07, 6.45) is 5.60. The van der Waals surface area contributed by atoms with Crippen molar-refractivity contribution >= 4 is 0 Å². The van der Waals surface area contributed by atoms with Crippen LogP contribution in [0.3, 0.4) is 0 Å². The molecule has 0 amide bonds. The van der Waals surface area contributed by atoms with E-state index < -0.39 is 0 Å². The normalized spacial score (nSPS) is 8.67. The molecule has 3 heteroatoms. The number of hydrogen-bond donors (Lipinski definition) is 0. The molecule has 0 aromatic carbocycles. The minimum absolute atomic E-state index is 0. The first kappa shape index (κ1) is 9.31. The SMILES string of the molecule is CCc1nc[c-]n1C.[Y]. The average molecular weight is 198 g/mol. The largest absolute Gasteiger partial charge is 0.501 e. The molecule has 0 saturated carbocycles. The maximum Gasteiger partial charge on any atom is 0 e. The quantitative estimate of drug-likeness (QED) is 0.609. The molecule has 0 unspecified atom stereocenters. The number of imidazole rings is 1. The monoisotopic (exact) mass is 198 g/mol. The fourth-order valence-electron chi connectivity index (χ4n) is 0.680. The average Bonchev–Trinajstić information content (AvgIpc) is 2.14. The molecule has 2 nitrogen and oxygen atoms in total. The van der Waals surface area contributed by atoms with E-state index in [1.165, 1.54) is 0 Å². The van der Waals surface area contributed by atoms with Gasteiger partial charge in [-0.15, -0.1) is 0 Å². The Labute approximate surface area is 80.5 Å². The van der Waals surface area contributed by atoms with Gasteiger partial charge in [-0.2, -0.15) is 6.20 Å². The molecule has 47 valence electrons. The van der Waals surface area contributed by atoms with Crippen molar-refractivity contribution in [3.63, 3.8) is 0 Å². The van der Waals surface area contributed by atoms with Crippen LogP contribution in [0.2, 0.25) is 0 Å². The third kappa shape index (κ3) is 2.19. The summed E-state index contributed by atoms with van der Waals surface area (Å²) >= 11 is 0. The van der Waals surface area contributed by atoms with Gasteiger partial charge in [0.25, 0.3) is 0 Å². The molecule has 1 radical (unpaired) electrons. The van der Waals surface area contributed by atoms with Gasteiger partial charge in [-0.1, -0.05) is 19.5 Å². The van der Waals surface area contributed by atoms with Crippen LogP contribution >= 0.6 is 0 Å². The van der Waals surface area contributed by atoms with Crippen molar-refractivity contribution in [3.05, 3.63) is 18.2 Å². The van der Waals surface area contributed by atoms with Crippen molar-refractivity contribution in [1.29, 1.82) is 0 Å². The molecule has 0 bridgehead atoms. The molecule has 1 heterocycles. The zero-order valence-electron chi connectivity index (χ0n) is 5.76. The fraction of sp³-hybridized carbons (Fsp3) is 0.500. The van der Waals surface area contributed by atoms with Gasteiger partial charge in [0.2, 0.25) is 0 Å². The van der Waals surface area contributed by atoms with Crippen LogP contribution < -0.4 is 0 Å². The van der Waals surface area contributed by atoms with Crippen molar-refractivity contribution in [3.8, 4) is 0 Å². The summed E-state index contributed by atoms with van der Waals surface area (Å²) in [5.41, 5.74) is 0. The molecule has 0 atom stereocenters. The minimum atomic E-state index is 0. The molecule has 0 spiro atoms. The van der Waals surface area contributed by atoms with E-state index in [1.807, 2.05) is 11.6 Å². The second-order valence-corrected chi connectivity index (χ2v) is 1.72. The second-order valence-electron chi connectivity index (χ2n) is 1.72. The van der Waals surface area contributed by atoms with Gasteiger partial charge >= 0.3 is 0 Å². The van der Waals surface area contributed by atoms with E-state index in [1.54, 1.807) is 6.20 Å². The van der Waals surface area contributed by atoms with Gasteiger partial charge < -0.3 is 9.55 Å². The molecular formula is C6H9N2Y-. The summed E-state index contributed by atoms with van der Waals surface area (Å²) in [7, 11) is 1.95. The zero-order valence-corrected chi connectivity index (χ0v) is 8.59. The van der Waals surface area contributed by atoms with Gasteiger partial charge in [0.1, 0.15) is 0 Å². The summed E-state index contributed by atoms with van der Waals surface area (Å²) < 4.78 is 1.90. The van der Waals surface area contributed by atoms with E-state index in [-0.39, 0.29) is 32.7 Å². The molecule has 1 aromatic rings. The summed E-state index contributed by atoms with van der Waals surface area (Å²) in [6.45, 7) is 2.08. The Bertz CT molecular complexity index is 171. The first-order valence-electron chi connectivity index (χ1n) is 2.73. The first-order valence-corrected chi connectivity index (χ1v) is 2.73. The number of nitrogens with zero attached hydrogens (tertiary/aromatic N) is 2. The van der Waals surface area contributed by atoms with Crippen LogP contribution in [0.5, 0.6) is 0 Å². The van der Waals surface area contributed by atoms with Gasteiger partial charge in [0.05, 0.1) is 0 Å². The number of rotatable bonds is 1. The third-order valence-corrected chi connectivity index (χ3v) is 1.17. The Hall–Kier alpha value is 0.314. The summed E-state index contributed by atoms with van der Waals surface area (Å²) in [5.74, 6) is 1.09. The van der Waals surface area contributed by atoms with E-state index in [2.05, 4.69) is 18.1 Å². The van der Waals surface area contributed by atoms with Crippen LogP contribution in [0.15, 0.2) is 6.20 Å². The van der Waals surface area contributed by atoms with Crippen LogP contribution in [0.1, 0.15) is 12.7 Å². The van der Waals surface area contributed by atoms with Crippen LogP contribution in [-0.4, -0.2) is 9.55 Å². The van der Waals surface area contributed by atoms with E-state index >= 15 is 0 Å². The Morgan fingerprint density at radius 1 is 1.78 bits per heavy atom. The smallest absolute Gasteiger partial charge is 0 e. The maximum atomic E-state index is 4.04. The Balaban J connectivity index is 0.000000640. The Kier molecular flexibility index (Phi) is 4.33. The second kappa shape index (κ2) is 4.18. The Morgan fingerprint density at radius 2 is 2.44 bits per heavy atom. The number of aryl methyl sites for hydroxylation is 2. The van der Waals surface area contributed by atoms with Gasteiger partial charge in [-0.25, -0.2) is 0 Å². The molecule has 1 aromatic heterocycles. The number of aromatic nitrogens is 2. The molecule has 9 heavy (non-hydrogen) atoms. The van der Waals surface area contributed by atoms with Gasteiger partial charge in [-0.3, -0.25) is 0 Å². The van der Waals surface area contributed by atoms with Crippen LogP contribution in [0, 0.1) is 6.20 Å². The molecule has 0 aliphatic rings. The van der Waals surface area contributed by atoms with E-state index in [9.17, 15) is 0 Å². The standard InChI is InChI=1S/C6H9N2.Y/c1-3-6-7-4-5-8(6)2;/h4H,3H2,1-2H3;/q-1;. The van der Waals surface area contributed by atoms with Crippen LogP contribution in [0.25, 0.3) is 0 Å². The van der Waals surface area contributed by atoms with Crippen molar-refractivity contribution in [1.82, 2.24) is 9.55 Å². The fourth-order valence-corrected chi connectivity index (χ4v) is 0.680. The minimum Gasteiger partial charge on any atom is -0.501 e. The van der Waals surface area contributed by atoms with Crippen molar-refractivity contribution in [2.24, 2.45) is 7.05 Å². The third-order valence-electron chi connectivity index (χ3n) is 1.17. The zero-order chi connectivity index (χ0) is 5.98. The predicted molar refractivity (Wildman–Crippen MR) is 31.4 cm³/mol. The van der Waals surface area contributed by atoms with Crippen LogP contribution in [-0.2, 0) is 46.2 Å². The maximum absolute atomic E-state index is 4.04. The number of hydrogen-bond acceptors (Lipinski definition) is 1. The summed E-state index contributed by atoms with van der Waals surface area (Å²) in [4.78, 5) is 4.04. The molecule has 0 N–H and O–H groups in total. The van der Waals surface area contributed by atoms with Crippen LogP contribution in [0.4, 0.5) is 0 Å². The topological polar surface area (TPSA) is 17.8 Å². The molecule has 0 saturated heterocycles. The Morgan fingerprint density at radius 3 is 2.67 bits per heavy atom. The van der Waals surface area contributed by atoms with Crippen molar-refractivity contribution in [2.75, 3.05) is 0 Å². The molecule has 1 rings (SSSR count). The first-order chi connectivity index (χ1) is 3.84. The summed E-state index contributed by atoms with van der Waals surface area (Å²) in [5, 5.41) is 0. The van der Waals surface area contributed by atoms with Gasteiger partial charge in [0.15, 0.2) is 0 Å².